The molecule has 0 saturated carbocycles. The lowest BCUT2D eigenvalue weighted by Gasteiger charge is -2.29. The topological polar surface area (TPSA) is 88.3 Å². The van der Waals surface area contributed by atoms with Crippen molar-refractivity contribution >= 4 is 28.8 Å². The fourth-order valence-corrected chi connectivity index (χ4v) is 7.54. The molecule has 2 aromatic rings. The molecule has 1 aliphatic carbocycles. The zero-order chi connectivity index (χ0) is 35.9. The van der Waals surface area contributed by atoms with Crippen LogP contribution in [0.1, 0.15) is 104 Å². The maximum atomic E-state index is 13.9. The molecule has 0 unspecified atom stereocenters. The van der Waals surface area contributed by atoms with Gasteiger partial charge < -0.3 is 14.7 Å². The minimum absolute atomic E-state index is 0.0529. The van der Waals surface area contributed by atoms with Crippen molar-refractivity contribution in [3.05, 3.63) is 94.4 Å². The number of Topliss-reactive ketones (excluding diaryl/α,β-unsaturated/α-hetero) is 1. The summed E-state index contributed by atoms with van der Waals surface area (Å²) in [7, 11) is 0. The quantitative estimate of drug-likeness (QED) is 0.0420. The molecule has 2 aliphatic heterocycles. The van der Waals surface area contributed by atoms with Gasteiger partial charge in [0.2, 0.25) is 11.5 Å². The van der Waals surface area contributed by atoms with Crippen LogP contribution in [0, 0.1) is 0 Å². The highest BCUT2D eigenvalue weighted by molar-refractivity contribution is 6.24. The molecule has 1 N–H and O–H groups in total. The van der Waals surface area contributed by atoms with E-state index in [9.17, 15) is 14.7 Å². The van der Waals surface area contributed by atoms with Gasteiger partial charge in [-0.25, -0.2) is 9.78 Å². The minimum Gasteiger partial charge on any atom is -0.506 e. The fourth-order valence-electron chi connectivity index (χ4n) is 7.54. The first-order chi connectivity index (χ1) is 24.0. The van der Waals surface area contributed by atoms with E-state index < -0.39 is 0 Å². The highest BCUT2D eigenvalue weighted by atomic mass is 17.2. The van der Waals surface area contributed by atoms with Crippen LogP contribution < -0.4 is 4.90 Å². The monoisotopic (exact) mass is 683 g/mol. The standard InChI is InChI=1S/C42H54N2O6/c1-7-48-38(45)24-12-11-18-26-44-35-23-16-14-21-33(35)42(5,6)37(44)29-31-39(46)30(40(31)47)28-36-41(3,4)32-20-13-15-22-34(32)43(36)25-17-9-10-19-27-50-49-8-2/h13-16,20-23,28-29H,7-12,17-19,24-27H2,1-6H3/p+1. The SMILES string of the molecule is CCOOCCCCCCN1/C(=C/C2=C(O)C(=C/C3=[N+](CCCCCC(=O)OCC)c4ccccc4C3(C)C)/C2=O)C(C)(C)c2ccccc21. The number of unbranched alkanes of at least 4 members (excludes halogenated alkanes) is 5. The molecule has 8 nitrogen and oxygen atoms in total. The molecule has 5 rings (SSSR count). The Bertz CT molecular complexity index is 1700. The average Bonchev–Trinajstić information content (AvgIpc) is 3.45. The van der Waals surface area contributed by atoms with Gasteiger partial charge in [0.15, 0.2) is 5.71 Å². The molecule has 0 amide bonds. The van der Waals surface area contributed by atoms with Gasteiger partial charge in [-0.2, -0.15) is 4.58 Å². The summed E-state index contributed by atoms with van der Waals surface area (Å²) in [6.07, 6.45) is 10.8. The number of hydrogen-bond acceptors (Lipinski definition) is 7. The number of allylic oxidation sites excluding steroid dienone is 5. The first kappa shape index (κ1) is 37.3. The van der Waals surface area contributed by atoms with Gasteiger partial charge in [0.25, 0.3) is 0 Å². The average molecular weight is 684 g/mol. The summed E-state index contributed by atoms with van der Waals surface area (Å²) in [5.74, 6) is -0.233. The van der Waals surface area contributed by atoms with E-state index in [4.69, 9.17) is 14.5 Å². The number of anilines is 1. The number of rotatable bonds is 18. The van der Waals surface area contributed by atoms with Gasteiger partial charge in [0, 0.05) is 53.9 Å². The number of aliphatic hydroxyl groups excluding tert-OH is 1. The molecule has 0 aromatic heterocycles. The number of hydrogen-bond donors (Lipinski definition) is 1. The van der Waals surface area contributed by atoms with Gasteiger partial charge in [-0.3, -0.25) is 9.59 Å². The summed E-state index contributed by atoms with van der Waals surface area (Å²) in [5, 5.41) is 11.5. The molecule has 0 bridgehead atoms. The zero-order valence-electron chi connectivity index (χ0n) is 30.8. The molecule has 8 heteroatoms. The Morgan fingerprint density at radius 2 is 1.52 bits per heavy atom. The first-order valence-corrected chi connectivity index (χ1v) is 18.5. The molecule has 0 radical (unpaired) electrons. The molecule has 2 heterocycles. The maximum absolute atomic E-state index is 13.9. The van der Waals surface area contributed by atoms with Gasteiger partial charge in [-0.05, 0) is 71.1 Å². The highest BCUT2D eigenvalue weighted by Gasteiger charge is 2.47. The molecule has 2 aromatic carbocycles. The summed E-state index contributed by atoms with van der Waals surface area (Å²) in [6.45, 7) is 15.6. The van der Waals surface area contributed by atoms with Crippen molar-refractivity contribution in [3.8, 4) is 0 Å². The lowest BCUT2D eigenvalue weighted by molar-refractivity contribution is -0.438. The summed E-state index contributed by atoms with van der Waals surface area (Å²) >= 11 is 0. The van der Waals surface area contributed by atoms with Crippen molar-refractivity contribution in [1.29, 1.82) is 0 Å². The van der Waals surface area contributed by atoms with Gasteiger partial charge in [0.1, 0.15) is 12.3 Å². The molecule has 0 spiro atoms. The van der Waals surface area contributed by atoms with Crippen LogP contribution in [-0.4, -0.2) is 60.1 Å². The van der Waals surface area contributed by atoms with E-state index >= 15 is 0 Å². The van der Waals surface area contributed by atoms with Crippen LogP contribution in [0.3, 0.4) is 0 Å². The van der Waals surface area contributed by atoms with Crippen LogP contribution in [0.2, 0.25) is 0 Å². The molecular weight excluding hydrogens is 628 g/mol. The Hall–Kier alpha value is -4.01. The van der Waals surface area contributed by atoms with E-state index in [-0.39, 0.29) is 28.3 Å². The van der Waals surface area contributed by atoms with E-state index in [1.165, 1.54) is 11.1 Å². The van der Waals surface area contributed by atoms with Crippen molar-refractivity contribution in [2.24, 2.45) is 0 Å². The molecule has 0 saturated heterocycles. The number of para-hydroxylation sites is 2. The largest absolute Gasteiger partial charge is 0.506 e. The van der Waals surface area contributed by atoms with E-state index in [2.05, 4.69) is 79.6 Å². The van der Waals surface area contributed by atoms with Crippen LogP contribution in [0.25, 0.3) is 0 Å². The third-order valence-electron chi connectivity index (χ3n) is 10.3. The third-order valence-corrected chi connectivity index (χ3v) is 10.3. The fraction of sp³-hybridized carbons (Fsp3) is 0.500. The molecule has 50 heavy (non-hydrogen) atoms. The second-order valence-electron chi connectivity index (χ2n) is 14.4. The first-order valence-electron chi connectivity index (χ1n) is 18.5. The van der Waals surface area contributed by atoms with Crippen molar-refractivity contribution in [2.75, 3.05) is 37.8 Å². The number of carbonyl (C=O) groups is 2. The number of benzene rings is 2. The second kappa shape index (κ2) is 16.3. The summed E-state index contributed by atoms with van der Waals surface area (Å²) in [6, 6.07) is 16.8. The van der Waals surface area contributed by atoms with E-state index in [1.54, 1.807) is 0 Å². The predicted octanol–water partition coefficient (Wildman–Crippen LogP) is 8.72. The van der Waals surface area contributed by atoms with Crippen molar-refractivity contribution in [2.45, 2.75) is 104 Å². The second-order valence-corrected chi connectivity index (χ2v) is 14.4. The summed E-state index contributed by atoms with van der Waals surface area (Å²) in [5.41, 5.74) is 6.74. The highest BCUT2D eigenvalue weighted by Crippen LogP contribution is 2.49. The number of esters is 1. The lowest BCUT2D eigenvalue weighted by Crippen LogP contribution is -2.32. The van der Waals surface area contributed by atoms with Crippen LogP contribution >= 0.6 is 0 Å². The Balaban J connectivity index is 1.38. The van der Waals surface area contributed by atoms with Gasteiger partial charge in [-0.15, -0.1) is 0 Å². The number of ketones is 1. The molecule has 0 fully saturated rings. The minimum atomic E-state index is -0.357. The number of ether oxygens (including phenoxy) is 1. The van der Waals surface area contributed by atoms with E-state index in [1.807, 2.05) is 32.1 Å². The van der Waals surface area contributed by atoms with Crippen molar-refractivity contribution in [1.82, 2.24) is 0 Å². The van der Waals surface area contributed by atoms with Crippen molar-refractivity contribution < 1.29 is 33.8 Å². The predicted molar refractivity (Wildman–Crippen MR) is 198 cm³/mol. The van der Waals surface area contributed by atoms with Crippen LogP contribution in [0.4, 0.5) is 11.4 Å². The van der Waals surface area contributed by atoms with Crippen LogP contribution in [-0.2, 0) is 34.9 Å². The number of nitrogens with zero attached hydrogens (tertiary/aromatic N) is 2. The number of fused-ring (bicyclic) bond motifs is 2. The third kappa shape index (κ3) is 7.66. The van der Waals surface area contributed by atoms with Crippen LogP contribution in [0.5, 0.6) is 0 Å². The van der Waals surface area contributed by atoms with Gasteiger partial charge in [-0.1, -0.05) is 63.1 Å². The Morgan fingerprint density at radius 3 is 2.26 bits per heavy atom. The van der Waals surface area contributed by atoms with E-state index in [0.717, 1.165) is 80.8 Å². The van der Waals surface area contributed by atoms with Gasteiger partial charge >= 0.3 is 5.97 Å². The smallest absolute Gasteiger partial charge is 0.305 e. The molecule has 3 aliphatic rings. The number of carbonyl (C=O) groups excluding carboxylic acids is 2. The lowest BCUT2D eigenvalue weighted by atomic mass is 9.77. The Kier molecular flexibility index (Phi) is 12.2. The zero-order valence-corrected chi connectivity index (χ0v) is 30.8. The van der Waals surface area contributed by atoms with Crippen LogP contribution in [0.15, 0.2) is 83.3 Å². The summed E-state index contributed by atoms with van der Waals surface area (Å²) < 4.78 is 7.37. The van der Waals surface area contributed by atoms with E-state index in [0.29, 0.717) is 37.4 Å². The normalized spacial score (nSPS) is 19.0. The molecule has 0 atom stereocenters. The maximum Gasteiger partial charge on any atom is 0.305 e. The van der Waals surface area contributed by atoms with Gasteiger partial charge in [0.05, 0.1) is 36.4 Å². The number of aliphatic hydroxyl groups is 1. The summed E-state index contributed by atoms with van der Waals surface area (Å²) in [4.78, 5) is 38.2. The molecule has 268 valence electrons. The molecular formula is C42H55N2O6+. The Labute approximate surface area is 298 Å². The van der Waals surface area contributed by atoms with Crippen molar-refractivity contribution in [3.63, 3.8) is 0 Å². The Morgan fingerprint density at radius 1 is 0.820 bits per heavy atom.